The number of pyridine rings is 1. The van der Waals surface area contributed by atoms with Gasteiger partial charge in [0, 0.05) is 24.2 Å². The van der Waals surface area contributed by atoms with E-state index < -0.39 is 0 Å². The van der Waals surface area contributed by atoms with Gasteiger partial charge in [-0.3, -0.25) is 15.0 Å². The van der Waals surface area contributed by atoms with Crippen LogP contribution in [0.3, 0.4) is 0 Å². The molecule has 3 heterocycles. The van der Waals surface area contributed by atoms with Gasteiger partial charge in [0.05, 0.1) is 11.3 Å². The minimum atomic E-state index is -0.186. The van der Waals surface area contributed by atoms with Crippen LogP contribution in [0.15, 0.2) is 23.7 Å². The molecule has 0 bridgehead atoms. The molecule has 1 fully saturated rings. The minimum absolute atomic E-state index is 0.186. The number of hydrogen-bond donors (Lipinski definition) is 2. The monoisotopic (exact) mass is 373 g/mol. The highest BCUT2D eigenvalue weighted by Crippen LogP contribution is 2.22. The van der Waals surface area contributed by atoms with Crippen LogP contribution in [0, 0.1) is 5.92 Å². The molecule has 0 aliphatic carbocycles. The van der Waals surface area contributed by atoms with Crippen LogP contribution in [0.2, 0.25) is 0 Å². The number of likely N-dealkylation sites (tertiary alicyclic amines) is 1. The first-order valence-corrected chi connectivity index (χ1v) is 10.1. The lowest BCUT2D eigenvalue weighted by Crippen LogP contribution is -2.32. The Morgan fingerprint density at radius 3 is 2.88 bits per heavy atom. The first-order chi connectivity index (χ1) is 12.5. The maximum Gasteiger partial charge on any atom is 0.261 e. The first-order valence-electron chi connectivity index (χ1n) is 9.21. The van der Waals surface area contributed by atoms with Crippen molar-refractivity contribution >= 4 is 28.2 Å². The number of nitrogens with zero attached hydrogens (tertiary/aromatic N) is 3. The molecule has 0 aromatic carbocycles. The summed E-state index contributed by atoms with van der Waals surface area (Å²) < 4.78 is 0. The molecular formula is C19H27N5OS. The first kappa shape index (κ1) is 18.8. The molecule has 1 saturated heterocycles. The van der Waals surface area contributed by atoms with E-state index in [0.29, 0.717) is 16.5 Å². The lowest BCUT2D eigenvalue weighted by Gasteiger charge is -2.29. The zero-order chi connectivity index (χ0) is 18.5. The van der Waals surface area contributed by atoms with E-state index in [1.54, 1.807) is 18.3 Å². The van der Waals surface area contributed by atoms with Crippen molar-refractivity contribution in [1.29, 1.82) is 0 Å². The Morgan fingerprint density at radius 2 is 2.15 bits per heavy atom. The summed E-state index contributed by atoms with van der Waals surface area (Å²) in [6.45, 7) is 9.46. The smallest absolute Gasteiger partial charge is 0.261 e. The third-order valence-electron chi connectivity index (χ3n) is 4.51. The Hall–Kier alpha value is -1.99. The van der Waals surface area contributed by atoms with Gasteiger partial charge in [-0.2, -0.15) is 0 Å². The number of amides is 1. The molecule has 140 valence electrons. The number of piperidine rings is 1. The molecule has 1 amide bonds. The zero-order valence-corrected chi connectivity index (χ0v) is 16.5. The second kappa shape index (κ2) is 8.60. The molecule has 0 unspecified atom stereocenters. The highest BCUT2D eigenvalue weighted by Gasteiger charge is 2.18. The largest absolute Gasteiger partial charge is 0.367 e. The number of carbonyl (C=O) groups is 1. The van der Waals surface area contributed by atoms with Crippen LogP contribution >= 0.6 is 11.3 Å². The van der Waals surface area contributed by atoms with Crippen molar-refractivity contribution in [3.8, 4) is 0 Å². The summed E-state index contributed by atoms with van der Waals surface area (Å²) in [5, 5.41) is 8.78. The molecule has 0 atom stereocenters. The Morgan fingerprint density at radius 1 is 1.38 bits per heavy atom. The Labute approximate surface area is 159 Å². The van der Waals surface area contributed by atoms with Crippen molar-refractivity contribution in [3.05, 3.63) is 35.0 Å². The van der Waals surface area contributed by atoms with Crippen molar-refractivity contribution in [1.82, 2.24) is 14.9 Å². The summed E-state index contributed by atoms with van der Waals surface area (Å²) in [4.78, 5) is 23.9. The van der Waals surface area contributed by atoms with Gasteiger partial charge in [0.1, 0.15) is 5.82 Å². The lowest BCUT2D eigenvalue weighted by molar-refractivity contribution is 0.102. The predicted octanol–water partition coefficient (Wildman–Crippen LogP) is 3.84. The number of aromatic nitrogens is 2. The van der Waals surface area contributed by atoms with Gasteiger partial charge in [0.15, 0.2) is 5.13 Å². The van der Waals surface area contributed by atoms with Crippen molar-refractivity contribution < 1.29 is 4.79 Å². The Bertz CT molecular complexity index is 737. The fourth-order valence-corrected chi connectivity index (χ4v) is 3.72. The third-order valence-corrected chi connectivity index (χ3v) is 5.32. The number of thiazole rings is 1. The summed E-state index contributed by atoms with van der Waals surface area (Å²) >= 11 is 1.47. The molecule has 7 heteroatoms. The molecule has 6 nitrogen and oxygen atoms in total. The molecule has 2 aromatic heterocycles. The number of hydrogen-bond acceptors (Lipinski definition) is 6. The standard InChI is InChI=1S/C19H27N5OS/c1-13(2)21-17-16(5-4-8-20-17)18(25)23-19-22-15(12-26-19)11-24-9-6-14(3)7-10-24/h4-5,8,12-14H,6-7,9-11H2,1-3H3,(H,20,21)(H,22,23,25). The van der Waals surface area contributed by atoms with E-state index >= 15 is 0 Å². The van der Waals surface area contributed by atoms with E-state index in [9.17, 15) is 4.79 Å². The molecule has 26 heavy (non-hydrogen) atoms. The highest BCUT2D eigenvalue weighted by atomic mass is 32.1. The molecule has 0 spiro atoms. The minimum Gasteiger partial charge on any atom is -0.367 e. The Balaban J connectivity index is 1.61. The number of rotatable bonds is 6. The average molecular weight is 374 g/mol. The molecular weight excluding hydrogens is 346 g/mol. The van der Waals surface area contributed by atoms with E-state index in [4.69, 9.17) is 0 Å². The summed E-state index contributed by atoms with van der Waals surface area (Å²) in [6, 6.07) is 3.75. The van der Waals surface area contributed by atoms with Gasteiger partial charge < -0.3 is 5.32 Å². The number of carbonyl (C=O) groups excluding carboxylic acids is 1. The maximum absolute atomic E-state index is 12.6. The highest BCUT2D eigenvalue weighted by molar-refractivity contribution is 7.14. The Kier molecular flexibility index (Phi) is 6.21. The van der Waals surface area contributed by atoms with E-state index in [1.165, 1.54) is 24.2 Å². The summed E-state index contributed by atoms with van der Waals surface area (Å²) in [5.41, 5.74) is 1.55. The average Bonchev–Trinajstić information content (AvgIpc) is 3.04. The second-order valence-corrected chi connectivity index (χ2v) is 8.11. The SMILES string of the molecule is CC1CCN(Cc2csc(NC(=O)c3cccnc3NC(C)C)n2)CC1. The normalized spacial score (nSPS) is 16.0. The van der Waals surface area contributed by atoms with Crippen molar-refractivity contribution in [2.45, 2.75) is 46.2 Å². The van der Waals surface area contributed by atoms with Crippen molar-refractivity contribution in [2.75, 3.05) is 23.7 Å². The van der Waals surface area contributed by atoms with Crippen LogP contribution in [-0.2, 0) is 6.54 Å². The van der Waals surface area contributed by atoms with Crippen LogP contribution in [0.1, 0.15) is 49.7 Å². The van der Waals surface area contributed by atoms with E-state index in [0.717, 1.165) is 31.2 Å². The summed E-state index contributed by atoms with van der Waals surface area (Å²) in [6.07, 6.45) is 4.18. The summed E-state index contributed by atoms with van der Waals surface area (Å²) in [5.74, 6) is 1.23. The maximum atomic E-state index is 12.6. The van der Waals surface area contributed by atoms with Gasteiger partial charge in [0.25, 0.3) is 5.91 Å². The van der Waals surface area contributed by atoms with E-state index in [-0.39, 0.29) is 11.9 Å². The third kappa shape index (κ3) is 5.02. The molecule has 1 aliphatic heterocycles. The number of anilines is 2. The van der Waals surface area contributed by atoms with Crippen LogP contribution in [0.5, 0.6) is 0 Å². The molecule has 0 saturated carbocycles. The lowest BCUT2D eigenvalue weighted by atomic mass is 9.99. The van der Waals surface area contributed by atoms with Gasteiger partial charge in [-0.1, -0.05) is 6.92 Å². The van der Waals surface area contributed by atoms with E-state index in [2.05, 4.69) is 32.4 Å². The van der Waals surface area contributed by atoms with Crippen molar-refractivity contribution in [2.24, 2.45) is 5.92 Å². The van der Waals surface area contributed by atoms with Crippen LogP contribution in [0.4, 0.5) is 10.9 Å². The van der Waals surface area contributed by atoms with Crippen molar-refractivity contribution in [3.63, 3.8) is 0 Å². The molecule has 3 rings (SSSR count). The number of nitrogens with one attached hydrogen (secondary N) is 2. The second-order valence-electron chi connectivity index (χ2n) is 7.26. The van der Waals surface area contributed by atoms with Crippen LogP contribution in [0.25, 0.3) is 0 Å². The quantitative estimate of drug-likeness (QED) is 0.805. The van der Waals surface area contributed by atoms with Gasteiger partial charge in [-0.15, -0.1) is 11.3 Å². The molecule has 2 N–H and O–H groups in total. The molecule has 1 aliphatic rings. The van der Waals surface area contributed by atoms with Gasteiger partial charge in [0.2, 0.25) is 0 Å². The zero-order valence-electron chi connectivity index (χ0n) is 15.7. The van der Waals surface area contributed by atoms with E-state index in [1.807, 2.05) is 19.2 Å². The van der Waals surface area contributed by atoms with Gasteiger partial charge >= 0.3 is 0 Å². The molecule has 2 aromatic rings. The van der Waals surface area contributed by atoms with Gasteiger partial charge in [-0.25, -0.2) is 9.97 Å². The van der Waals surface area contributed by atoms with Crippen LogP contribution < -0.4 is 10.6 Å². The molecule has 0 radical (unpaired) electrons. The fraction of sp³-hybridized carbons (Fsp3) is 0.526. The predicted molar refractivity (Wildman–Crippen MR) is 107 cm³/mol. The van der Waals surface area contributed by atoms with Gasteiger partial charge in [-0.05, 0) is 57.8 Å². The fourth-order valence-electron chi connectivity index (χ4n) is 3.03. The van der Waals surface area contributed by atoms with Crippen LogP contribution in [-0.4, -0.2) is 39.9 Å². The topological polar surface area (TPSA) is 70.2 Å². The summed E-state index contributed by atoms with van der Waals surface area (Å²) in [7, 11) is 0.